The molecular weight excluding hydrogens is 466 g/mol. The Morgan fingerprint density at radius 2 is 2.00 bits per heavy atom. The smallest absolute Gasteiger partial charge is 0.252 e. The number of carbonyl (C=O) groups is 1. The molecule has 4 rings (SSSR count). The molecule has 4 heterocycles. The fourth-order valence-corrected chi connectivity index (χ4v) is 7.32. The standard InChI is InChI=1S/C21H27N5O3S3/c1-30-14-10-17(21-24-23-18-7-3-6-13-26(18)21)22-19(27)15-16-8-9-20(31-16)32(28,29)25-11-4-2-5-12-25/h3,6-9,13,17H,2,4-5,10-12,14-15H2,1H3,(H,22,27). The van der Waals surface area contributed by atoms with E-state index in [0.717, 1.165) is 42.0 Å². The molecular formula is C21H27N5O3S3. The summed E-state index contributed by atoms with van der Waals surface area (Å²) in [6, 6.07) is 8.77. The average Bonchev–Trinajstić information content (AvgIpc) is 3.45. The SMILES string of the molecule is CSCCC(NC(=O)Cc1ccc(S(=O)(=O)N2CCCCC2)s1)c1nnc2ccccn12. The second-order valence-corrected chi connectivity index (χ2v) is 12.1. The zero-order chi connectivity index (χ0) is 22.6. The van der Waals surface area contributed by atoms with Crippen molar-refractivity contribution in [1.82, 2.24) is 24.2 Å². The third-order valence-electron chi connectivity index (χ3n) is 5.48. The van der Waals surface area contributed by atoms with Crippen LogP contribution in [0.1, 0.15) is 42.4 Å². The molecule has 1 atom stereocenters. The van der Waals surface area contributed by atoms with Gasteiger partial charge in [-0.2, -0.15) is 16.1 Å². The Morgan fingerprint density at radius 3 is 2.78 bits per heavy atom. The van der Waals surface area contributed by atoms with Crippen LogP contribution in [0.4, 0.5) is 0 Å². The molecule has 32 heavy (non-hydrogen) atoms. The van der Waals surface area contributed by atoms with E-state index >= 15 is 0 Å². The normalized spacial score (nSPS) is 16.3. The zero-order valence-corrected chi connectivity index (χ0v) is 20.4. The maximum atomic E-state index is 12.9. The second-order valence-electron chi connectivity index (χ2n) is 7.75. The van der Waals surface area contributed by atoms with E-state index in [9.17, 15) is 13.2 Å². The number of hydrogen-bond acceptors (Lipinski definition) is 7. The first kappa shape index (κ1) is 23.2. The van der Waals surface area contributed by atoms with Gasteiger partial charge in [-0.05, 0) is 55.5 Å². The summed E-state index contributed by atoms with van der Waals surface area (Å²) >= 11 is 2.88. The van der Waals surface area contributed by atoms with Crippen molar-refractivity contribution in [2.45, 2.75) is 42.4 Å². The molecule has 1 unspecified atom stereocenters. The lowest BCUT2D eigenvalue weighted by Gasteiger charge is -2.25. The summed E-state index contributed by atoms with van der Waals surface area (Å²) < 4.78 is 29.5. The van der Waals surface area contributed by atoms with Gasteiger partial charge in [0.25, 0.3) is 10.0 Å². The number of piperidine rings is 1. The summed E-state index contributed by atoms with van der Waals surface area (Å²) in [6.07, 6.45) is 7.63. The minimum Gasteiger partial charge on any atom is -0.346 e. The van der Waals surface area contributed by atoms with Crippen molar-refractivity contribution in [2.24, 2.45) is 0 Å². The monoisotopic (exact) mass is 493 g/mol. The van der Waals surface area contributed by atoms with E-state index in [1.54, 1.807) is 28.2 Å². The van der Waals surface area contributed by atoms with Crippen LogP contribution in [0.25, 0.3) is 5.65 Å². The summed E-state index contributed by atoms with van der Waals surface area (Å²) in [6.45, 7) is 1.14. The van der Waals surface area contributed by atoms with Crippen LogP contribution < -0.4 is 5.32 Å². The van der Waals surface area contributed by atoms with Gasteiger partial charge < -0.3 is 5.32 Å². The summed E-state index contributed by atoms with van der Waals surface area (Å²) in [5.74, 6) is 1.40. The molecule has 8 nitrogen and oxygen atoms in total. The first-order chi connectivity index (χ1) is 15.5. The van der Waals surface area contributed by atoms with Gasteiger partial charge in [-0.3, -0.25) is 9.20 Å². The number of nitrogens with one attached hydrogen (secondary N) is 1. The molecule has 1 N–H and O–H groups in total. The first-order valence-corrected chi connectivity index (χ1v) is 14.3. The molecule has 0 aromatic carbocycles. The second kappa shape index (κ2) is 10.3. The molecule has 0 saturated carbocycles. The molecule has 1 aliphatic heterocycles. The van der Waals surface area contributed by atoms with Crippen LogP contribution in [-0.2, 0) is 21.2 Å². The molecule has 3 aromatic heterocycles. The van der Waals surface area contributed by atoms with Gasteiger partial charge in [0.15, 0.2) is 11.5 Å². The molecule has 11 heteroatoms. The zero-order valence-electron chi connectivity index (χ0n) is 17.9. The van der Waals surface area contributed by atoms with Crippen LogP contribution in [0.3, 0.4) is 0 Å². The molecule has 0 bridgehead atoms. The summed E-state index contributed by atoms with van der Waals surface area (Å²) in [7, 11) is -3.48. The van der Waals surface area contributed by atoms with Crippen molar-refractivity contribution >= 4 is 44.7 Å². The molecule has 1 saturated heterocycles. The Hall–Kier alpha value is -1.95. The van der Waals surface area contributed by atoms with Crippen LogP contribution in [0, 0.1) is 0 Å². The quantitative estimate of drug-likeness (QED) is 0.492. The van der Waals surface area contributed by atoms with Gasteiger partial charge in [-0.25, -0.2) is 8.42 Å². The van der Waals surface area contributed by atoms with Gasteiger partial charge in [-0.15, -0.1) is 21.5 Å². The van der Waals surface area contributed by atoms with Crippen molar-refractivity contribution in [1.29, 1.82) is 0 Å². The largest absolute Gasteiger partial charge is 0.346 e. The molecule has 1 amide bonds. The Kier molecular flexibility index (Phi) is 7.49. The van der Waals surface area contributed by atoms with Gasteiger partial charge in [0.05, 0.1) is 12.5 Å². The summed E-state index contributed by atoms with van der Waals surface area (Å²) in [4.78, 5) is 13.6. The highest BCUT2D eigenvalue weighted by atomic mass is 32.2. The Bertz CT molecular complexity index is 1170. The van der Waals surface area contributed by atoms with Crippen LogP contribution in [0.15, 0.2) is 40.7 Å². The predicted octanol–water partition coefficient (Wildman–Crippen LogP) is 3.12. The fraction of sp³-hybridized carbons (Fsp3) is 0.476. The number of amides is 1. The number of thioether (sulfide) groups is 1. The number of rotatable bonds is 9. The van der Waals surface area contributed by atoms with E-state index in [2.05, 4.69) is 15.5 Å². The number of nitrogens with zero attached hydrogens (tertiary/aromatic N) is 4. The third kappa shape index (κ3) is 5.16. The Morgan fingerprint density at radius 1 is 1.19 bits per heavy atom. The topological polar surface area (TPSA) is 96.7 Å². The van der Waals surface area contributed by atoms with Crippen molar-refractivity contribution in [3.63, 3.8) is 0 Å². The summed E-state index contributed by atoms with van der Waals surface area (Å²) in [5, 5.41) is 11.6. The van der Waals surface area contributed by atoms with Crippen LogP contribution >= 0.6 is 23.1 Å². The molecule has 172 valence electrons. The minimum atomic E-state index is -3.48. The lowest BCUT2D eigenvalue weighted by Crippen LogP contribution is -2.35. The van der Waals surface area contributed by atoms with Crippen molar-refractivity contribution in [3.8, 4) is 0 Å². The molecule has 1 fully saturated rings. The highest BCUT2D eigenvalue weighted by Gasteiger charge is 2.28. The number of thiophene rings is 1. The van der Waals surface area contributed by atoms with Gasteiger partial charge in [0, 0.05) is 24.2 Å². The van der Waals surface area contributed by atoms with E-state index in [-0.39, 0.29) is 18.4 Å². The van der Waals surface area contributed by atoms with E-state index < -0.39 is 10.0 Å². The van der Waals surface area contributed by atoms with Crippen LogP contribution in [-0.4, -0.2) is 58.3 Å². The maximum Gasteiger partial charge on any atom is 0.252 e. The Balaban J connectivity index is 1.46. The number of carbonyl (C=O) groups excluding carboxylic acids is 1. The maximum absolute atomic E-state index is 12.9. The van der Waals surface area contributed by atoms with Crippen molar-refractivity contribution in [3.05, 3.63) is 47.2 Å². The lowest BCUT2D eigenvalue weighted by molar-refractivity contribution is -0.121. The van der Waals surface area contributed by atoms with Crippen LogP contribution in [0.5, 0.6) is 0 Å². The summed E-state index contributed by atoms with van der Waals surface area (Å²) in [5.41, 5.74) is 0.733. The molecule has 3 aromatic rings. The highest BCUT2D eigenvalue weighted by molar-refractivity contribution is 7.98. The Labute approximate surface area is 196 Å². The molecule has 0 radical (unpaired) electrons. The predicted molar refractivity (Wildman–Crippen MR) is 128 cm³/mol. The first-order valence-electron chi connectivity index (χ1n) is 10.7. The van der Waals surface area contributed by atoms with E-state index in [4.69, 9.17) is 0 Å². The van der Waals surface area contributed by atoms with Gasteiger partial charge in [0.1, 0.15) is 4.21 Å². The van der Waals surface area contributed by atoms with Gasteiger partial charge >= 0.3 is 0 Å². The van der Waals surface area contributed by atoms with Gasteiger partial charge in [-0.1, -0.05) is 12.5 Å². The number of aromatic nitrogens is 3. The van der Waals surface area contributed by atoms with E-state index in [1.165, 1.54) is 11.3 Å². The number of hydrogen-bond donors (Lipinski definition) is 1. The molecule has 0 aliphatic carbocycles. The number of fused-ring (bicyclic) bond motifs is 1. The van der Waals surface area contributed by atoms with Crippen LogP contribution in [0.2, 0.25) is 0 Å². The highest BCUT2D eigenvalue weighted by Crippen LogP contribution is 2.27. The molecule has 0 spiro atoms. The van der Waals surface area contributed by atoms with E-state index in [1.807, 2.05) is 35.1 Å². The van der Waals surface area contributed by atoms with Crippen molar-refractivity contribution < 1.29 is 13.2 Å². The minimum absolute atomic E-state index is 0.132. The average molecular weight is 494 g/mol. The number of sulfonamides is 1. The third-order valence-corrected chi connectivity index (χ3v) is 9.57. The molecule has 1 aliphatic rings. The fourth-order valence-electron chi connectivity index (χ4n) is 3.83. The van der Waals surface area contributed by atoms with Gasteiger partial charge in [0.2, 0.25) is 5.91 Å². The number of pyridine rings is 1. The van der Waals surface area contributed by atoms with Crippen molar-refractivity contribution in [2.75, 3.05) is 25.1 Å². The lowest BCUT2D eigenvalue weighted by atomic mass is 10.2. The van der Waals surface area contributed by atoms with E-state index in [0.29, 0.717) is 23.1 Å².